The number of carbonyl (C=O) groups is 1. The van der Waals surface area contributed by atoms with Crippen LogP contribution in [0.1, 0.15) is 21.7 Å². The van der Waals surface area contributed by atoms with Crippen LogP contribution in [-0.4, -0.2) is 19.9 Å². The molecule has 112 valence electrons. The van der Waals surface area contributed by atoms with Gasteiger partial charge in [0.05, 0.1) is 23.9 Å². The van der Waals surface area contributed by atoms with Gasteiger partial charge in [0.1, 0.15) is 0 Å². The molecule has 22 heavy (non-hydrogen) atoms. The number of imidazole rings is 1. The van der Waals surface area contributed by atoms with Crippen LogP contribution in [0.3, 0.4) is 0 Å². The molecule has 0 aliphatic heterocycles. The summed E-state index contributed by atoms with van der Waals surface area (Å²) in [6.07, 6.45) is 3.57. The van der Waals surface area contributed by atoms with E-state index in [1.54, 1.807) is 6.33 Å². The molecule has 1 aromatic carbocycles. The molecule has 0 unspecified atom stereocenters. The number of rotatable bonds is 5. The number of benzene rings is 1. The first-order valence-corrected chi connectivity index (χ1v) is 7.32. The van der Waals surface area contributed by atoms with Crippen molar-refractivity contribution in [3.63, 3.8) is 0 Å². The second-order valence-electron chi connectivity index (χ2n) is 5.47. The molecule has 0 saturated heterocycles. The first-order valence-electron chi connectivity index (χ1n) is 7.32. The minimum Gasteiger partial charge on any atom is -0.345 e. The van der Waals surface area contributed by atoms with Gasteiger partial charge in [0.2, 0.25) is 0 Å². The summed E-state index contributed by atoms with van der Waals surface area (Å²) in [6, 6.07) is 9.80. The molecular formula is C18H19N3O. The maximum atomic E-state index is 12.7. The van der Waals surface area contributed by atoms with Gasteiger partial charge < -0.3 is 9.13 Å². The van der Waals surface area contributed by atoms with Crippen LogP contribution in [0.15, 0.2) is 49.3 Å². The van der Waals surface area contributed by atoms with Crippen molar-refractivity contribution < 1.29 is 4.79 Å². The maximum Gasteiger partial charge on any atom is 0.184 e. The van der Waals surface area contributed by atoms with Gasteiger partial charge in [0.15, 0.2) is 5.78 Å². The summed E-state index contributed by atoms with van der Waals surface area (Å²) in [7, 11) is 0. The van der Waals surface area contributed by atoms with Crippen molar-refractivity contribution in [1.29, 1.82) is 0 Å². The molecule has 0 N–H and O–H groups in total. The molecule has 0 bridgehead atoms. The predicted molar refractivity (Wildman–Crippen MR) is 88.2 cm³/mol. The summed E-state index contributed by atoms with van der Waals surface area (Å²) in [6.45, 7) is 8.79. The van der Waals surface area contributed by atoms with Gasteiger partial charge in [0, 0.05) is 23.5 Å². The first-order chi connectivity index (χ1) is 10.6. The van der Waals surface area contributed by atoms with Crippen LogP contribution < -0.4 is 0 Å². The number of aryl methyl sites for hydroxylation is 1. The van der Waals surface area contributed by atoms with Gasteiger partial charge in [-0.1, -0.05) is 18.2 Å². The molecule has 3 aromatic rings. The highest BCUT2D eigenvalue weighted by Crippen LogP contribution is 2.18. The van der Waals surface area contributed by atoms with Crippen LogP contribution in [0.25, 0.3) is 11.0 Å². The van der Waals surface area contributed by atoms with E-state index in [4.69, 9.17) is 0 Å². The van der Waals surface area contributed by atoms with Crippen LogP contribution in [0.2, 0.25) is 0 Å². The van der Waals surface area contributed by atoms with Gasteiger partial charge in [-0.2, -0.15) is 0 Å². The number of nitrogens with zero attached hydrogens (tertiary/aromatic N) is 3. The van der Waals surface area contributed by atoms with Crippen molar-refractivity contribution in [3.05, 3.63) is 66.3 Å². The lowest BCUT2D eigenvalue weighted by molar-refractivity contribution is 0.0972. The fourth-order valence-electron chi connectivity index (χ4n) is 2.87. The van der Waals surface area contributed by atoms with Crippen molar-refractivity contribution in [2.24, 2.45) is 0 Å². The molecule has 0 amide bonds. The molecule has 0 spiro atoms. The lowest BCUT2D eigenvalue weighted by Gasteiger charge is -2.07. The average Bonchev–Trinajstić information content (AvgIpc) is 3.04. The van der Waals surface area contributed by atoms with Gasteiger partial charge in [-0.05, 0) is 32.0 Å². The minimum atomic E-state index is 0.103. The molecule has 2 heterocycles. The van der Waals surface area contributed by atoms with Gasteiger partial charge in [-0.15, -0.1) is 6.58 Å². The summed E-state index contributed by atoms with van der Waals surface area (Å²) in [4.78, 5) is 17.0. The van der Waals surface area contributed by atoms with E-state index in [1.807, 2.05) is 54.8 Å². The number of ketones is 1. The quantitative estimate of drug-likeness (QED) is 0.533. The molecule has 0 aliphatic rings. The number of carbonyl (C=O) groups excluding carboxylic acids is 1. The normalized spacial score (nSPS) is 11.0. The summed E-state index contributed by atoms with van der Waals surface area (Å²) < 4.78 is 4.00. The lowest BCUT2D eigenvalue weighted by atomic mass is 10.1. The molecule has 2 aromatic heterocycles. The molecular weight excluding hydrogens is 274 g/mol. The van der Waals surface area contributed by atoms with Crippen molar-refractivity contribution in [2.75, 3.05) is 0 Å². The Morgan fingerprint density at radius 1 is 1.32 bits per heavy atom. The zero-order valence-corrected chi connectivity index (χ0v) is 12.9. The molecule has 0 atom stereocenters. The Morgan fingerprint density at radius 3 is 2.86 bits per heavy atom. The molecule has 4 nitrogen and oxygen atoms in total. The predicted octanol–water partition coefficient (Wildman–Crippen LogP) is 3.52. The van der Waals surface area contributed by atoms with Crippen LogP contribution in [0, 0.1) is 13.8 Å². The Labute approximate surface area is 129 Å². The largest absolute Gasteiger partial charge is 0.345 e. The number of fused-ring (bicyclic) bond motifs is 1. The van der Waals surface area contributed by atoms with E-state index < -0.39 is 0 Å². The number of aromatic nitrogens is 3. The monoisotopic (exact) mass is 293 g/mol. The third-order valence-electron chi connectivity index (χ3n) is 4.03. The summed E-state index contributed by atoms with van der Waals surface area (Å²) in [5.41, 5.74) is 4.74. The molecule has 3 rings (SSSR count). The Bertz CT molecular complexity index is 854. The van der Waals surface area contributed by atoms with Crippen LogP contribution in [0.5, 0.6) is 0 Å². The van der Waals surface area contributed by atoms with Crippen molar-refractivity contribution >= 4 is 16.8 Å². The zero-order chi connectivity index (χ0) is 15.7. The third kappa shape index (κ3) is 2.37. The highest BCUT2D eigenvalue weighted by Gasteiger charge is 2.16. The first kappa shape index (κ1) is 14.3. The highest BCUT2D eigenvalue weighted by molar-refractivity contribution is 5.98. The van der Waals surface area contributed by atoms with E-state index in [-0.39, 0.29) is 5.78 Å². The van der Waals surface area contributed by atoms with Crippen LogP contribution in [0.4, 0.5) is 0 Å². The van der Waals surface area contributed by atoms with Gasteiger partial charge in [0.25, 0.3) is 0 Å². The van der Waals surface area contributed by atoms with Crippen molar-refractivity contribution in [3.8, 4) is 0 Å². The van der Waals surface area contributed by atoms with E-state index in [0.29, 0.717) is 6.54 Å². The topological polar surface area (TPSA) is 39.8 Å². The number of para-hydroxylation sites is 2. The second kappa shape index (κ2) is 5.64. The number of hydrogen-bond donors (Lipinski definition) is 0. The van der Waals surface area contributed by atoms with Crippen LogP contribution in [-0.2, 0) is 13.1 Å². The third-order valence-corrected chi connectivity index (χ3v) is 4.03. The highest BCUT2D eigenvalue weighted by atomic mass is 16.1. The zero-order valence-electron chi connectivity index (χ0n) is 12.9. The number of Topliss-reactive ketones (excluding diaryl/α,β-unsaturated/α-hetero) is 1. The molecule has 0 radical (unpaired) electrons. The van der Waals surface area contributed by atoms with E-state index in [1.165, 1.54) is 0 Å². The smallest absolute Gasteiger partial charge is 0.184 e. The average molecular weight is 293 g/mol. The lowest BCUT2D eigenvalue weighted by Crippen LogP contribution is -2.11. The Hall–Kier alpha value is -2.62. The second-order valence-corrected chi connectivity index (χ2v) is 5.47. The van der Waals surface area contributed by atoms with Gasteiger partial charge >= 0.3 is 0 Å². The van der Waals surface area contributed by atoms with Crippen molar-refractivity contribution in [1.82, 2.24) is 14.1 Å². The van der Waals surface area contributed by atoms with E-state index in [2.05, 4.69) is 16.1 Å². The molecule has 0 saturated carbocycles. The number of allylic oxidation sites excluding steroid dienone is 1. The van der Waals surface area contributed by atoms with E-state index in [9.17, 15) is 4.79 Å². The van der Waals surface area contributed by atoms with Crippen molar-refractivity contribution in [2.45, 2.75) is 26.9 Å². The van der Waals surface area contributed by atoms with E-state index >= 15 is 0 Å². The Kier molecular flexibility index (Phi) is 3.67. The van der Waals surface area contributed by atoms with Gasteiger partial charge in [-0.3, -0.25) is 4.79 Å². The fraction of sp³-hybridized carbons (Fsp3) is 0.222. The molecule has 0 aliphatic carbocycles. The summed E-state index contributed by atoms with van der Waals surface area (Å²) >= 11 is 0. The Morgan fingerprint density at radius 2 is 2.09 bits per heavy atom. The standard InChI is InChI=1S/C18H19N3O/c1-4-9-21-13(2)10-15(14(21)3)18(22)11-20-12-19-16-7-5-6-8-17(16)20/h4-8,10,12H,1,9,11H2,2-3H3. The van der Waals surface area contributed by atoms with Crippen LogP contribution >= 0.6 is 0 Å². The maximum absolute atomic E-state index is 12.7. The SMILES string of the molecule is C=CCn1c(C)cc(C(=O)Cn2cnc3ccccc32)c1C. The summed E-state index contributed by atoms with van der Waals surface area (Å²) in [5.74, 6) is 0.103. The Balaban J connectivity index is 1.92. The number of hydrogen-bond acceptors (Lipinski definition) is 2. The molecule has 0 fully saturated rings. The van der Waals surface area contributed by atoms with Gasteiger partial charge in [-0.25, -0.2) is 4.98 Å². The fourth-order valence-corrected chi connectivity index (χ4v) is 2.87. The van der Waals surface area contributed by atoms with E-state index in [0.717, 1.165) is 34.5 Å². The minimum absolute atomic E-state index is 0.103. The molecule has 4 heteroatoms. The summed E-state index contributed by atoms with van der Waals surface area (Å²) in [5, 5.41) is 0.